The average molecular weight is 307 g/mol. The van der Waals surface area contributed by atoms with Gasteiger partial charge in [-0.3, -0.25) is 9.59 Å². The molecule has 0 bridgehead atoms. The number of carbonyl (C=O) groups is 2. The molecule has 6 heteroatoms. The molecule has 120 valence electrons. The van der Waals surface area contributed by atoms with Gasteiger partial charge in [0.1, 0.15) is 11.5 Å². The van der Waals surface area contributed by atoms with Gasteiger partial charge in [0, 0.05) is 24.7 Å². The van der Waals surface area contributed by atoms with Crippen LogP contribution in [0.4, 0.5) is 0 Å². The molecule has 1 heterocycles. The molecule has 6 nitrogen and oxygen atoms in total. The molecule has 2 rings (SSSR count). The molecule has 1 saturated heterocycles. The minimum atomic E-state index is -0.774. The van der Waals surface area contributed by atoms with E-state index in [0.717, 1.165) is 5.56 Å². The van der Waals surface area contributed by atoms with Crippen LogP contribution in [0.1, 0.15) is 18.4 Å². The lowest BCUT2D eigenvalue weighted by Crippen LogP contribution is -2.41. The van der Waals surface area contributed by atoms with Crippen LogP contribution in [0.3, 0.4) is 0 Å². The number of nitrogens with zero attached hydrogens (tertiary/aromatic N) is 1. The SMILES string of the molecule is COc1ccc(CC(=O)N2CCC(C(=O)O)CC2)c(OC)c1. The van der Waals surface area contributed by atoms with Gasteiger partial charge in [-0.05, 0) is 18.9 Å². The summed E-state index contributed by atoms with van der Waals surface area (Å²) in [5, 5.41) is 8.98. The van der Waals surface area contributed by atoms with E-state index in [4.69, 9.17) is 14.6 Å². The molecule has 0 spiro atoms. The second-order valence-corrected chi connectivity index (χ2v) is 5.35. The van der Waals surface area contributed by atoms with Crippen LogP contribution >= 0.6 is 0 Å². The molecular weight excluding hydrogens is 286 g/mol. The normalized spacial score (nSPS) is 15.5. The Hall–Kier alpha value is -2.24. The smallest absolute Gasteiger partial charge is 0.306 e. The van der Waals surface area contributed by atoms with E-state index in [1.165, 1.54) is 0 Å². The number of hydrogen-bond donors (Lipinski definition) is 1. The lowest BCUT2D eigenvalue weighted by atomic mass is 9.96. The van der Waals surface area contributed by atoms with E-state index >= 15 is 0 Å². The van der Waals surface area contributed by atoms with E-state index in [0.29, 0.717) is 37.4 Å². The van der Waals surface area contributed by atoms with Crippen LogP contribution in [-0.2, 0) is 16.0 Å². The summed E-state index contributed by atoms with van der Waals surface area (Å²) < 4.78 is 10.4. The summed E-state index contributed by atoms with van der Waals surface area (Å²) in [7, 11) is 3.13. The molecule has 0 unspecified atom stereocenters. The first kappa shape index (κ1) is 16.1. The van der Waals surface area contributed by atoms with Crippen molar-refractivity contribution in [1.82, 2.24) is 4.90 Å². The number of aliphatic carboxylic acids is 1. The van der Waals surface area contributed by atoms with Crippen LogP contribution in [0.2, 0.25) is 0 Å². The molecule has 1 aliphatic rings. The van der Waals surface area contributed by atoms with E-state index in [2.05, 4.69) is 0 Å². The van der Waals surface area contributed by atoms with Crippen LogP contribution in [0.25, 0.3) is 0 Å². The fourth-order valence-electron chi connectivity index (χ4n) is 2.65. The Bertz CT molecular complexity index is 549. The van der Waals surface area contributed by atoms with Gasteiger partial charge in [0.25, 0.3) is 0 Å². The summed E-state index contributed by atoms with van der Waals surface area (Å²) in [6.07, 6.45) is 1.27. The summed E-state index contributed by atoms with van der Waals surface area (Å²) in [6.45, 7) is 0.989. The summed E-state index contributed by atoms with van der Waals surface area (Å²) in [6, 6.07) is 5.36. The summed E-state index contributed by atoms with van der Waals surface area (Å²) in [5.41, 5.74) is 0.800. The van der Waals surface area contributed by atoms with Gasteiger partial charge >= 0.3 is 5.97 Å². The van der Waals surface area contributed by atoms with Crippen molar-refractivity contribution in [3.8, 4) is 11.5 Å². The highest BCUT2D eigenvalue weighted by Gasteiger charge is 2.27. The largest absolute Gasteiger partial charge is 0.497 e. The number of likely N-dealkylation sites (tertiary alicyclic amines) is 1. The zero-order valence-electron chi connectivity index (χ0n) is 12.9. The monoisotopic (exact) mass is 307 g/mol. The van der Waals surface area contributed by atoms with Gasteiger partial charge in [-0.25, -0.2) is 0 Å². The maximum absolute atomic E-state index is 12.4. The predicted octanol–water partition coefficient (Wildman–Crippen LogP) is 1.57. The maximum atomic E-state index is 12.4. The van der Waals surface area contributed by atoms with Crippen molar-refractivity contribution in [3.63, 3.8) is 0 Å². The maximum Gasteiger partial charge on any atom is 0.306 e. The van der Waals surface area contributed by atoms with Crippen LogP contribution < -0.4 is 9.47 Å². The standard InChI is InChI=1S/C16H21NO5/c1-21-13-4-3-12(14(10-13)22-2)9-15(18)17-7-5-11(6-8-17)16(19)20/h3-4,10-11H,5-9H2,1-2H3,(H,19,20). The van der Waals surface area contributed by atoms with Gasteiger partial charge in [-0.1, -0.05) is 6.07 Å². The number of carboxylic acids is 1. The predicted molar refractivity (Wildman–Crippen MR) is 80.2 cm³/mol. The molecule has 0 atom stereocenters. The van der Waals surface area contributed by atoms with Crippen molar-refractivity contribution in [2.45, 2.75) is 19.3 Å². The molecule has 1 fully saturated rings. The Labute approximate surface area is 129 Å². The number of carbonyl (C=O) groups excluding carboxylic acids is 1. The Balaban J connectivity index is 1.99. The fraction of sp³-hybridized carbons (Fsp3) is 0.500. The molecular formula is C16H21NO5. The number of methoxy groups -OCH3 is 2. The lowest BCUT2D eigenvalue weighted by molar-refractivity contribution is -0.145. The summed E-state index contributed by atoms with van der Waals surface area (Å²) in [4.78, 5) is 25.0. The van der Waals surface area contributed by atoms with Crippen LogP contribution in [-0.4, -0.2) is 49.2 Å². The number of carboxylic acid groups (broad SMARTS) is 1. The Morgan fingerprint density at radius 1 is 1.23 bits per heavy atom. The molecule has 22 heavy (non-hydrogen) atoms. The van der Waals surface area contributed by atoms with E-state index in [-0.39, 0.29) is 18.2 Å². The van der Waals surface area contributed by atoms with Crippen LogP contribution in [0.15, 0.2) is 18.2 Å². The number of ether oxygens (including phenoxy) is 2. The quantitative estimate of drug-likeness (QED) is 0.893. The Morgan fingerprint density at radius 2 is 1.91 bits per heavy atom. The average Bonchev–Trinajstić information content (AvgIpc) is 2.55. The first-order valence-corrected chi connectivity index (χ1v) is 7.26. The molecule has 0 saturated carbocycles. The summed E-state index contributed by atoms with van der Waals surface area (Å²) >= 11 is 0. The van der Waals surface area contributed by atoms with Gasteiger partial charge in [0.15, 0.2) is 0 Å². The second-order valence-electron chi connectivity index (χ2n) is 5.35. The topological polar surface area (TPSA) is 76.1 Å². The highest BCUT2D eigenvalue weighted by molar-refractivity contribution is 5.80. The number of amides is 1. The van der Waals surface area contributed by atoms with Crippen molar-refractivity contribution in [2.24, 2.45) is 5.92 Å². The molecule has 1 N–H and O–H groups in total. The molecule has 1 aromatic rings. The molecule has 1 aliphatic heterocycles. The minimum Gasteiger partial charge on any atom is -0.497 e. The van der Waals surface area contributed by atoms with Crippen molar-refractivity contribution >= 4 is 11.9 Å². The van der Waals surface area contributed by atoms with Gasteiger partial charge in [-0.15, -0.1) is 0 Å². The van der Waals surface area contributed by atoms with Crippen LogP contribution in [0, 0.1) is 5.92 Å². The number of rotatable bonds is 5. The first-order chi connectivity index (χ1) is 10.5. The number of piperidine rings is 1. The third-order valence-electron chi connectivity index (χ3n) is 4.03. The molecule has 1 aromatic carbocycles. The minimum absolute atomic E-state index is 0.00712. The van der Waals surface area contributed by atoms with Crippen molar-refractivity contribution < 1.29 is 24.2 Å². The van der Waals surface area contributed by atoms with Crippen molar-refractivity contribution in [2.75, 3.05) is 27.3 Å². The summed E-state index contributed by atoms with van der Waals surface area (Å²) in [5.74, 6) is 0.180. The highest BCUT2D eigenvalue weighted by atomic mass is 16.5. The molecule has 0 aliphatic carbocycles. The fourth-order valence-corrected chi connectivity index (χ4v) is 2.65. The first-order valence-electron chi connectivity index (χ1n) is 7.26. The zero-order chi connectivity index (χ0) is 16.1. The highest BCUT2D eigenvalue weighted by Crippen LogP contribution is 2.26. The Kier molecular flexibility index (Phi) is 5.25. The molecule has 0 aromatic heterocycles. The van der Waals surface area contributed by atoms with Crippen molar-refractivity contribution in [1.29, 1.82) is 0 Å². The van der Waals surface area contributed by atoms with E-state index in [1.807, 2.05) is 6.07 Å². The van der Waals surface area contributed by atoms with Gasteiger partial charge in [0.2, 0.25) is 5.91 Å². The van der Waals surface area contributed by atoms with Crippen molar-refractivity contribution in [3.05, 3.63) is 23.8 Å². The van der Waals surface area contributed by atoms with E-state index in [1.54, 1.807) is 31.3 Å². The van der Waals surface area contributed by atoms with E-state index in [9.17, 15) is 9.59 Å². The van der Waals surface area contributed by atoms with Gasteiger partial charge in [0.05, 0.1) is 26.6 Å². The van der Waals surface area contributed by atoms with Gasteiger partial charge in [-0.2, -0.15) is 0 Å². The lowest BCUT2D eigenvalue weighted by Gasteiger charge is -2.30. The van der Waals surface area contributed by atoms with Gasteiger partial charge < -0.3 is 19.5 Å². The third kappa shape index (κ3) is 3.69. The number of benzene rings is 1. The third-order valence-corrected chi connectivity index (χ3v) is 4.03. The number of hydrogen-bond acceptors (Lipinski definition) is 4. The van der Waals surface area contributed by atoms with E-state index < -0.39 is 5.97 Å². The Morgan fingerprint density at radius 3 is 2.45 bits per heavy atom. The molecule has 1 amide bonds. The second kappa shape index (κ2) is 7.15. The molecule has 0 radical (unpaired) electrons. The zero-order valence-corrected chi connectivity index (χ0v) is 12.9. The van der Waals surface area contributed by atoms with Crippen LogP contribution in [0.5, 0.6) is 11.5 Å².